The van der Waals surface area contributed by atoms with E-state index < -0.39 is 35.5 Å². The van der Waals surface area contributed by atoms with Crippen LogP contribution >= 0.6 is 0 Å². The first-order chi connectivity index (χ1) is 16.3. The minimum atomic E-state index is -1.31. The Balaban J connectivity index is 1.35. The van der Waals surface area contributed by atoms with E-state index in [2.05, 4.69) is 22.8 Å². The van der Waals surface area contributed by atoms with Crippen LogP contribution in [0.3, 0.4) is 0 Å². The lowest BCUT2D eigenvalue weighted by molar-refractivity contribution is -0.183. The summed E-state index contributed by atoms with van der Waals surface area (Å²) in [5.74, 6) is -2.04. The van der Waals surface area contributed by atoms with Crippen molar-refractivity contribution in [2.45, 2.75) is 37.8 Å². The van der Waals surface area contributed by atoms with Crippen LogP contribution in [0.4, 0.5) is 4.79 Å². The van der Waals surface area contributed by atoms with Crippen molar-refractivity contribution in [3.05, 3.63) is 59.7 Å². The Hall–Kier alpha value is -3.39. The zero-order valence-electron chi connectivity index (χ0n) is 19.2. The first-order valence-electron chi connectivity index (χ1n) is 11.5. The van der Waals surface area contributed by atoms with Crippen LogP contribution < -0.4 is 10.6 Å². The standard InChI is InChI=1S/C26H28N2O6/c1-25(2)22-20(11-12-33-22)26(25,23(31)27-13-21(29)30)28-24(32)34-14-19-17-9-5-3-7-15(17)16-8-4-6-10-18(16)19/h3-10,19-20,22H,11-14H2,1-2H3,(H,27,31)(H,28,32)(H,29,30). The Kier molecular flexibility index (Phi) is 5.36. The molecule has 2 aromatic rings. The molecule has 1 saturated carbocycles. The largest absolute Gasteiger partial charge is 0.480 e. The van der Waals surface area contributed by atoms with Crippen LogP contribution in [0.15, 0.2) is 48.5 Å². The summed E-state index contributed by atoms with van der Waals surface area (Å²) in [5.41, 5.74) is 2.40. The first-order valence-corrected chi connectivity index (χ1v) is 11.5. The topological polar surface area (TPSA) is 114 Å². The molecule has 2 amide bonds. The zero-order chi connectivity index (χ0) is 24.1. The second-order valence-electron chi connectivity index (χ2n) is 9.74. The highest BCUT2D eigenvalue weighted by Gasteiger charge is 2.74. The Bertz CT molecular complexity index is 1120. The van der Waals surface area contributed by atoms with E-state index in [1.54, 1.807) is 0 Å². The third-order valence-electron chi connectivity index (χ3n) is 7.78. The number of nitrogens with one attached hydrogen (secondary N) is 2. The number of hydrogen-bond donors (Lipinski definition) is 3. The maximum Gasteiger partial charge on any atom is 0.408 e. The highest BCUT2D eigenvalue weighted by molar-refractivity contribution is 5.94. The summed E-state index contributed by atoms with van der Waals surface area (Å²) in [6.45, 7) is 3.78. The number of carboxylic acids is 1. The van der Waals surface area contributed by atoms with Gasteiger partial charge in [0.2, 0.25) is 5.91 Å². The van der Waals surface area contributed by atoms with Gasteiger partial charge in [-0.25, -0.2) is 4.79 Å². The summed E-state index contributed by atoms with van der Waals surface area (Å²) in [7, 11) is 0. The average molecular weight is 465 g/mol. The lowest BCUT2D eigenvalue weighted by Crippen LogP contribution is -2.82. The van der Waals surface area contributed by atoms with Crippen molar-refractivity contribution in [3.8, 4) is 11.1 Å². The predicted octanol–water partition coefficient (Wildman–Crippen LogP) is 2.91. The molecular formula is C26H28N2O6. The van der Waals surface area contributed by atoms with Gasteiger partial charge in [0.25, 0.3) is 0 Å². The normalized spacial score (nSPS) is 25.9. The third kappa shape index (κ3) is 3.20. The van der Waals surface area contributed by atoms with Gasteiger partial charge < -0.3 is 25.2 Å². The van der Waals surface area contributed by atoms with Gasteiger partial charge in [-0.15, -0.1) is 0 Å². The number of carbonyl (C=O) groups excluding carboxylic acids is 2. The molecule has 2 aromatic carbocycles. The average Bonchev–Trinajstić information content (AvgIpc) is 3.42. The number of carbonyl (C=O) groups is 3. The number of fused-ring (bicyclic) bond motifs is 4. The maximum atomic E-state index is 13.2. The van der Waals surface area contributed by atoms with E-state index in [-0.39, 0.29) is 24.5 Å². The molecule has 2 fully saturated rings. The van der Waals surface area contributed by atoms with Gasteiger partial charge in [0.15, 0.2) is 0 Å². The summed E-state index contributed by atoms with van der Waals surface area (Å²) < 4.78 is 11.5. The van der Waals surface area contributed by atoms with Gasteiger partial charge in [-0.2, -0.15) is 0 Å². The van der Waals surface area contributed by atoms with Gasteiger partial charge in [-0.05, 0) is 28.7 Å². The molecule has 1 heterocycles. The number of aliphatic carboxylic acids is 1. The number of ether oxygens (including phenoxy) is 2. The summed E-state index contributed by atoms with van der Waals surface area (Å²) in [4.78, 5) is 37.4. The summed E-state index contributed by atoms with van der Waals surface area (Å²) in [5, 5.41) is 14.3. The zero-order valence-corrected chi connectivity index (χ0v) is 19.2. The quantitative estimate of drug-likeness (QED) is 0.606. The van der Waals surface area contributed by atoms with Gasteiger partial charge in [-0.3, -0.25) is 9.59 Å². The van der Waals surface area contributed by atoms with E-state index in [4.69, 9.17) is 14.6 Å². The molecule has 8 heteroatoms. The fourth-order valence-electron chi connectivity index (χ4n) is 6.21. The van der Waals surface area contributed by atoms with Crippen LogP contribution in [0.5, 0.6) is 0 Å². The maximum absolute atomic E-state index is 13.2. The molecule has 3 atom stereocenters. The predicted molar refractivity (Wildman–Crippen MR) is 123 cm³/mol. The smallest absolute Gasteiger partial charge is 0.408 e. The number of amides is 2. The minimum absolute atomic E-state index is 0.105. The number of benzene rings is 2. The highest BCUT2D eigenvalue weighted by Crippen LogP contribution is 2.59. The molecule has 3 unspecified atom stereocenters. The molecule has 0 bridgehead atoms. The second-order valence-corrected chi connectivity index (χ2v) is 9.74. The van der Waals surface area contributed by atoms with Crippen LogP contribution in [0.2, 0.25) is 0 Å². The number of hydrogen-bond acceptors (Lipinski definition) is 5. The van der Waals surface area contributed by atoms with Crippen molar-refractivity contribution >= 4 is 18.0 Å². The molecule has 1 saturated heterocycles. The lowest BCUT2D eigenvalue weighted by Gasteiger charge is -2.62. The number of carboxylic acid groups (broad SMARTS) is 1. The Morgan fingerprint density at radius 1 is 1.06 bits per heavy atom. The third-order valence-corrected chi connectivity index (χ3v) is 7.78. The van der Waals surface area contributed by atoms with E-state index in [9.17, 15) is 14.4 Å². The van der Waals surface area contributed by atoms with E-state index in [0.29, 0.717) is 13.0 Å². The van der Waals surface area contributed by atoms with Crippen molar-refractivity contribution in [3.63, 3.8) is 0 Å². The van der Waals surface area contributed by atoms with Crippen LogP contribution in [0, 0.1) is 11.3 Å². The van der Waals surface area contributed by atoms with Gasteiger partial charge in [0, 0.05) is 23.9 Å². The Morgan fingerprint density at radius 3 is 2.29 bits per heavy atom. The summed E-state index contributed by atoms with van der Waals surface area (Å²) in [6.07, 6.45) is -0.305. The van der Waals surface area contributed by atoms with Gasteiger partial charge in [-0.1, -0.05) is 62.4 Å². The van der Waals surface area contributed by atoms with E-state index >= 15 is 0 Å². The summed E-state index contributed by atoms with van der Waals surface area (Å²) in [6, 6.07) is 16.1. The molecule has 2 aliphatic carbocycles. The monoisotopic (exact) mass is 464 g/mol. The molecule has 3 aliphatic rings. The van der Waals surface area contributed by atoms with Crippen LogP contribution in [0.25, 0.3) is 11.1 Å². The minimum Gasteiger partial charge on any atom is -0.480 e. The second kappa shape index (κ2) is 8.13. The Labute approximate surface area is 197 Å². The molecule has 5 rings (SSSR count). The SMILES string of the molecule is CC1(C)C2OCCC2C1(NC(=O)OCC1c2ccccc2-c2ccccc21)C(=O)NCC(=O)O. The van der Waals surface area contributed by atoms with E-state index in [1.165, 1.54) is 0 Å². The van der Waals surface area contributed by atoms with Crippen molar-refractivity contribution in [1.29, 1.82) is 0 Å². The molecule has 178 valence electrons. The van der Waals surface area contributed by atoms with Crippen LogP contribution in [-0.4, -0.2) is 54.5 Å². The fourth-order valence-corrected chi connectivity index (χ4v) is 6.21. The molecule has 0 aromatic heterocycles. The van der Waals surface area contributed by atoms with Gasteiger partial charge in [0.1, 0.15) is 18.7 Å². The molecular weight excluding hydrogens is 436 g/mol. The van der Waals surface area contributed by atoms with Gasteiger partial charge in [0.05, 0.1) is 6.10 Å². The Morgan fingerprint density at radius 2 is 1.68 bits per heavy atom. The number of alkyl carbamates (subject to hydrolysis) is 1. The van der Waals surface area contributed by atoms with Gasteiger partial charge >= 0.3 is 12.1 Å². The summed E-state index contributed by atoms with van der Waals surface area (Å²) >= 11 is 0. The molecule has 0 radical (unpaired) electrons. The van der Waals surface area contributed by atoms with E-state index in [0.717, 1.165) is 22.3 Å². The van der Waals surface area contributed by atoms with Crippen molar-refractivity contribution in [2.75, 3.05) is 19.8 Å². The van der Waals surface area contributed by atoms with Crippen LogP contribution in [0.1, 0.15) is 37.3 Å². The first kappa shape index (κ1) is 22.4. The lowest BCUT2D eigenvalue weighted by atomic mass is 9.47. The van der Waals surface area contributed by atoms with Crippen molar-refractivity contribution in [2.24, 2.45) is 11.3 Å². The van der Waals surface area contributed by atoms with Crippen molar-refractivity contribution < 1.29 is 29.0 Å². The molecule has 3 N–H and O–H groups in total. The highest BCUT2D eigenvalue weighted by atomic mass is 16.5. The van der Waals surface area contributed by atoms with Crippen LogP contribution in [-0.2, 0) is 19.1 Å². The fraction of sp³-hybridized carbons (Fsp3) is 0.423. The molecule has 0 spiro atoms. The molecule has 8 nitrogen and oxygen atoms in total. The van der Waals surface area contributed by atoms with Crippen molar-refractivity contribution in [1.82, 2.24) is 10.6 Å². The molecule has 34 heavy (non-hydrogen) atoms. The number of rotatable bonds is 6. The van der Waals surface area contributed by atoms with E-state index in [1.807, 2.05) is 50.2 Å². The molecule has 1 aliphatic heterocycles.